The van der Waals surface area contributed by atoms with Gasteiger partial charge in [0.15, 0.2) is 0 Å². The molecule has 0 spiro atoms. The van der Waals surface area contributed by atoms with Crippen LogP contribution in [0.1, 0.15) is 46.3 Å². The van der Waals surface area contributed by atoms with Gasteiger partial charge in [0.05, 0.1) is 5.56 Å². The lowest BCUT2D eigenvalue weighted by Gasteiger charge is -2.32. The van der Waals surface area contributed by atoms with Crippen LogP contribution in [0.15, 0.2) is 48.5 Å². The normalized spacial score (nSPS) is 15.1. The van der Waals surface area contributed by atoms with Crippen LogP contribution in [-0.4, -0.2) is 35.8 Å². The summed E-state index contributed by atoms with van der Waals surface area (Å²) < 4.78 is 38.0. The summed E-state index contributed by atoms with van der Waals surface area (Å²) in [6.45, 7) is 2.94. The highest BCUT2D eigenvalue weighted by Crippen LogP contribution is 2.29. The largest absolute Gasteiger partial charge is 0.416 e. The number of hydrogen-bond donors (Lipinski definition) is 1. The smallest absolute Gasteiger partial charge is 0.353 e. The molecule has 1 fully saturated rings. The molecule has 0 unspecified atom stereocenters. The van der Waals surface area contributed by atoms with E-state index in [2.05, 4.69) is 5.32 Å². The molecular weight excluding hydrogens is 393 g/mol. The van der Waals surface area contributed by atoms with E-state index in [-0.39, 0.29) is 23.4 Å². The Bertz CT molecular complexity index is 869. The molecule has 0 bridgehead atoms. The lowest BCUT2D eigenvalue weighted by Crippen LogP contribution is -2.46. The first-order chi connectivity index (χ1) is 14.2. The van der Waals surface area contributed by atoms with E-state index in [4.69, 9.17) is 0 Å². The minimum Gasteiger partial charge on any atom is -0.353 e. The molecule has 0 aliphatic carbocycles. The van der Waals surface area contributed by atoms with Crippen LogP contribution in [0.4, 0.5) is 13.2 Å². The maximum absolute atomic E-state index is 12.7. The minimum atomic E-state index is -4.42. The van der Waals surface area contributed by atoms with Crippen molar-refractivity contribution < 1.29 is 22.8 Å². The average molecular weight is 418 g/mol. The number of aryl methyl sites for hydroxylation is 2. The Morgan fingerprint density at radius 3 is 2.17 bits per heavy atom. The van der Waals surface area contributed by atoms with E-state index in [9.17, 15) is 22.8 Å². The van der Waals surface area contributed by atoms with Crippen molar-refractivity contribution in [2.45, 2.75) is 44.8 Å². The van der Waals surface area contributed by atoms with Gasteiger partial charge in [0.25, 0.3) is 5.91 Å². The molecule has 4 nitrogen and oxygen atoms in total. The van der Waals surface area contributed by atoms with Crippen LogP contribution in [0.25, 0.3) is 0 Å². The molecule has 1 saturated heterocycles. The van der Waals surface area contributed by atoms with Crippen LogP contribution in [-0.2, 0) is 17.4 Å². The highest BCUT2D eigenvalue weighted by atomic mass is 19.4. The Balaban J connectivity index is 1.44. The molecule has 2 aromatic rings. The second kappa shape index (κ2) is 9.32. The molecule has 2 amide bonds. The minimum absolute atomic E-state index is 0.00664. The Kier molecular flexibility index (Phi) is 6.80. The summed E-state index contributed by atoms with van der Waals surface area (Å²) in [5.74, 6) is -0.295. The van der Waals surface area contributed by atoms with Gasteiger partial charge in [0, 0.05) is 31.1 Å². The summed E-state index contributed by atoms with van der Waals surface area (Å²) in [6, 6.07) is 12.4. The van der Waals surface area contributed by atoms with Crippen LogP contribution in [0, 0.1) is 6.92 Å². The third-order valence-corrected chi connectivity index (χ3v) is 5.37. The van der Waals surface area contributed by atoms with Gasteiger partial charge in [-0.25, -0.2) is 0 Å². The molecule has 1 aliphatic rings. The average Bonchev–Trinajstić information content (AvgIpc) is 2.73. The van der Waals surface area contributed by atoms with Crippen molar-refractivity contribution in [3.05, 3.63) is 70.8 Å². The third-order valence-electron chi connectivity index (χ3n) is 5.37. The molecule has 7 heteroatoms. The molecule has 2 aromatic carbocycles. The number of rotatable bonds is 5. The molecule has 1 N–H and O–H groups in total. The summed E-state index contributed by atoms with van der Waals surface area (Å²) in [7, 11) is 0. The van der Waals surface area contributed by atoms with Gasteiger partial charge in [0.1, 0.15) is 0 Å². The van der Waals surface area contributed by atoms with Crippen LogP contribution in [0.5, 0.6) is 0 Å². The van der Waals surface area contributed by atoms with Gasteiger partial charge in [-0.3, -0.25) is 9.59 Å². The van der Waals surface area contributed by atoms with Crippen molar-refractivity contribution >= 4 is 11.8 Å². The first-order valence-corrected chi connectivity index (χ1v) is 10.0. The van der Waals surface area contributed by atoms with E-state index in [1.54, 1.807) is 4.90 Å². The summed E-state index contributed by atoms with van der Waals surface area (Å²) in [5.41, 5.74) is 1.77. The summed E-state index contributed by atoms with van der Waals surface area (Å²) in [4.78, 5) is 26.4. The number of likely N-dealkylation sites (tertiary alicyclic amines) is 1. The molecule has 0 aromatic heterocycles. The summed E-state index contributed by atoms with van der Waals surface area (Å²) >= 11 is 0. The Hall–Kier alpha value is -2.83. The highest BCUT2D eigenvalue weighted by molar-refractivity contribution is 5.94. The molecule has 0 atom stereocenters. The SMILES string of the molecule is Cc1ccc(CCC(=O)NC2CCN(C(=O)c3ccc(C(F)(F)F)cc3)CC2)cc1. The molecule has 1 aliphatic heterocycles. The number of carbonyl (C=O) groups is 2. The fourth-order valence-electron chi connectivity index (χ4n) is 3.52. The van der Waals surface area contributed by atoms with E-state index in [1.165, 1.54) is 17.7 Å². The lowest BCUT2D eigenvalue weighted by molar-refractivity contribution is -0.137. The van der Waals surface area contributed by atoms with E-state index >= 15 is 0 Å². The monoisotopic (exact) mass is 418 g/mol. The zero-order chi connectivity index (χ0) is 21.7. The summed E-state index contributed by atoms with van der Waals surface area (Å²) in [6.07, 6.45) is -2.08. The molecule has 160 valence electrons. The Labute approximate surface area is 174 Å². The number of benzene rings is 2. The Morgan fingerprint density at radius 1 is 1.00 bits per heavy atom. The predicted molar refractivity (Wildman–Crippen MR) is 108 cm³/mol. The van der Waals surface area contributed by atoms with Crippen molar-refractivity contribution in [2.75, 3.05) is 13.1 Å². The van der Waals surface area contributed by atoms with Crippen molar-refractivity contribution in [3.8, 4) is 0 Å². The number of piperidine rings is 1. The van der Waals surface area contributed by atoms with Gasteiger partial charge >= 0.3 is 6.18 Å². The van der Waals surface area contributed by atoms with Gasteiger partial charge in [0.2, 0.25) is 5.91 Å². The first-order valence-electron chi connectivity index (χ1n) is 10.0. The van der Waals surface area contributed by atoms with Crippen LogP contribution >= 0.6 is 0 Å². The molecule has 3 rings (SSSR count). The number of amides is 2. The summed E-state index contributed by atoms with van der Waals surface area (Å²) in [5, 5.41) is 3.02. The predicted octanol–water partition coefficient (Wildman–Crippen LogP) is 4.37. The van der Waals surface area contributed by atoms with Crippen molar-refractivity contribution in [3.63, 3.8) is 0 Å². The standard InChI is InChI=1S/C23H25F3N2O2/c1-16-2-4-17(5-3-16)6-11-21(29)27-20-12-14-28(15-13-20)22(30)18-7-9-19(10-8-18)23(24,25)26/h2-5,7-10,20H,6,11-15H2,1H3,(H,27,29). The number of nitrogens with zero attached hydrogens (tertiary/aromatic N) is 1. The first kappa shape index (κ1) is 21.9. The van der Waals surface area contributed by atoms with Crippen LogP contribution in [0.3, 0.4) is 0 Å². The van der Waals surface area contributed by atoms with E-state index in [1.807, 2.05) is 31.2 Å². The Morgan fingerprint density at radius 2 is 1.60 bits per heavy atom. The fraction of sp³-hybridized carbons (Fsp3) is 0.391. The molecule has 1 heterocycles. The second-order valence-electron chi connectivity index (χ2n) is 7.69. The second-order valence-corrected chi connectivity index (χ2v) is 7.69. The van der Waals surface area contributed by atoms with Crippen molar-refractivity contribution in [2.24, 2.45) is 0 Å². The maximum atomic E-state index is 12.7. The topological polar surface area (TPSA) is 49.4 Å². The highest BCUT2D eigenvalue weighted by Gasteiger charge is 2.31. The molecular formula is C23H25F3N2O2. The van der Waals surface area contributed by atoms with Gasteiger partial charge in [-0.15, -0.1) is 0 Å². The van der Waals surface area contributed by atoms with Crippen LogP contribution in [0.2, 0.25) is 0 Å². The number of hydrogen-bond acceptors (Lipinski definition) is 2. The van der Waals surface area contributed by atoms with Crippen molar-refractivity contribution in [1.29, 1.82) is 0 Å². The van der Waals surface area contributed by atoms with E-state index in [0.29, 0.717) is 38.8 Å². The number of carbonyl (C=O) groups excluding carboxylic acids is 2. The third kappa shape index (κ3) is 5.84. The van der Waals surface area contributed by atoms with E-state index < -0.39 is 11.7 Å². The number of alkyl halides is 3. The van der Waals surface area contributed by atoms with Gasteiger partial charge in [-0.2, -0.15) is 13.2 Å². The number of halogens is 3. The van der Waals surface area contributed by atoms with Crippen molar-refractivity contribution in [1.82, 2.24) is 10.2 Å². The molecule has 30 heavy (non-hydrogen) atoms. The zero-order valence-corrected chi connectivity index (χ0v) is 16.8. The molecule has 0 radical (unpaired) electrons. The van der Waals surface area contributed by atoms with Gasteiger partial charge in [-0.05, 0) is 56.0 Å². The molecule has 0 saturated carbocycles. The maximum Gasteiger partial charge on any atom is 0.416 e. The quantitative estimate of drug-likeness (QED) is 0.784. The van der Waals surface area contributed by atoms with Gasteiger partial charge < -0.3 is 10.2 Å². The van der Waals surface area contributed by atoms with Gasteiger partial charge in [-0.1, -0.05) is 29.8 Å². The van der Waals surface area contributed by atoms with Crippen LogP contribution < -0.4 is 5.32 Å². The number of nitrogens with one attached hydrogen (secondary N) is 1. The van der Waals surface area contributed by atoms with E-state index in [0.717, 1.165) is 17.7 Å². The fourth-order valence-corrected chi connectivity index (χ4v) is 3.52. The lowest BCUT2D eigenvalue weighted by atomic mass is 10.0. The zero-order valence-electron chi connectivity index (χ0n) is 16.8.